The van der Waals surface area contributed by atoms with Crippen LogP contribution >= 0.6 is 11.6 Å². The molecule has 0 spiro atoms. The number of hydrogen-bond donors (Lipinski definition) is 1. The van der Waals surface area contributed by atoms with Crippen LogP contribution in [-0.2, 0) is 9.59 Å². The minimum Gasteiger partial charge on any atom is -0.301 e. The van der Waals surface area contributed by atoms with Gasteiger partial charge in [0.25, 0.3) is 0 Å². The molecule has 0 aromatic carbocycles. The van der Waals surface area contributed by atoms with E-state index in [1.54, 1.807) is 0 Å². The topological polar surface area (TPSA) is 58.0 Å². The van der Waals surface area contributed by atoms with Crippen LogP contribution < -0.4 is 0 Å². The summed E-state index contributed by atoms with van der Waals surface area (Å²) in [5.41, 5.74) is -0.186. The molecule has 0 fully saturated rings. The first-order chi connectivity index (χ1) is 4.61. The zero-order valence-electron chi connectivity index (χ0n) is 4.98. The summed E-state index contributed by atoms with van der Waals surface area (Å²) in [6, 6.07) is 0. The van der Waals surface area contributed by atoms with E-state index in [0.29, 0.717) is 0 Å². The number of hydrogen-bond acceptors (Lipinski definition) is 3. The predicted molar refractivity (Wildman–Crippen MR) is 36.3 cm³/mol. The monoisotopic (exact) mass is 157 g/mol. The van der Waals surface area contributed by atoms with Crippen LogP contribution in [0.15, 0.2) is 11.1 Å². The first kappa shape index (κ1) is 7.15. The lowest BCUT2D eigenvalue weighted by molar-refractivity contribution is -0.116. The molecule has 0 radical (unpaired) electrons. The molecule has 0 amide bonds. The van der Waals surface area contributed by atoms with Crippen LogP contribution in [0.5, 0.6) is 0 Å². The van der Waals surface area contributed by atoms with E-state index in [0.717, 1.165) is 6.08 Å². The molecule has 1 N–H and O–H groups in total. The van der Waals surface area contributed by atoms with E-state index >= 15 is 0 Å². The number of ketones is 2. The Balaban J connectivity index is 3.01. The molecule has 0 saturated heterocycles. The van der Waals surface area contributed by atoms with E-state index in [9.17, 15) is 9.59 Å². The van der Waals surface area contributed by atoms with Crippen molar-refractivity contribution in [1.29, 1.82) is 5.41 Å². The Labute approximate surface area is 62.2 Å². The fourth-order valence-corrected chi connectivity index (χ4v) is 0.781. The van der Waals surface area contributed by atoms with Crippen molar-refractivity contribution in [3.8, 4) is 0 Å². The fourth-order valence-electron chi connectivity index (χ4n) is 0.615. The van der Waals surface area contributed by atoms with Crippen LogP contribution in [0.25, 0.3) is 0 Å². The number of nitrogens with one attached hydrogen (secondary N) is 1. The Morgan fingerprint density at radius 1 is 1.50 bits per heavy atom. The summed E-state index contributed by atoms with van der Waals surface area (Å²) < 4.78 is 0. The molecule has 0 aliphatic heterocycles. The second-order valence-corrected chi connectivity index (χ2v) is 2.34. The molecule has 0 saturated carbocycles. The maximum absolute atomic E-state index is 10.7. The lowest BCUT2D eigenvalue weighted by Gasteiger charge is -2.04. The summed E-state index contributed by atoms with van der Waals surface area (Å²) >= 11 is 5.32. The van der Waals surface area contributed by atoms with Gasteiger partial charge in [-0.25, -0.2) is 0 Å². The molecule has 1 rings (SSSR count). The van der Waals surface area contributed by atoms with Crippen molar-refractivity contribution in [3.05, 3.63) is 11.1 Å². The van der Waals surface area contributed by atoms with Crippen LogP contribution in [-0.4, -0.2) is 17.3 Å². The molecule has 4 heteroatoms. The molecule has 0 aromatic rings. The Morgan fingerprint density at radius 3 is 2.60 bits per heavy atom. The average molecular weight is 158 g/mol. The Bertz CT molecular complexity index is 254. The molecule has 0 bridgehead atoms. The number of carbonyl (C=O) groups is 2. The molecule has 3 nitrogen and oxygen atoms in total. The van der Waals surface area contributed by atoms with Crippen LogP contribution in [0.4, 0.5) is 0 Å². The van der Waals surface area contributed by atoms with Crippen LogP contribution in [0.1, 0.15) is 6.42 Å². The fraction of sp³-hybridized carbons (Fsp3) is 0.167. The van der Waals surface area contributed by atoms with E-state index in [1.807, 2.05) is 0 Å². The molecule has 0 aromatic heterocycles. The van der Waals surface area contributed by atoms with Gasteiger partial charge in [-0.15, -0.1) is 0 Å². The van der Waals surface area contributed by atoms with Gasteiger partial charge in [-0.3, -0.25) is 9.59 Å². The average Bonchev–Trinajstić information content (AvgIpc) is 1.84. The van der Waals surface area contributed by atoms with Crippen molar-refractivity contribution >= 4 is 28.9 Å². The standard InChI is InChI=1S/C6H4ClNO2/c7-3-1-6(10)4(8)2-5(3)9/h1,8H,2H2. The quantitative estimate of drug-likeness (QED) is 0.562. The van der Waals surface area contributed by atoms with Crippen LogP contribution in [0, 0.1) is 5.41 Å². The predicted octanol–water partition coefficient (Wildman–Crippen LogP) is 0.671. The summed E-state index contributed by atoms with van der Waals surface area (Å²) in [4.78, 5) is 21.3. The maximum atomic E-state index is 10.7. The van der Waals surface area contributed by atoms with Crippen molar-refractivity contribution in [2.45, 2.75) is 6.42 Å². The Hall–Kier alpha value is -0.960. The largest absolute Gasteiger partial charge is 0.301 e. The normalized spacial score (nSPS) is 19.3. The van der Waals surface area contributed by atoms with Crippen LogP contribution in [0.2, 0.25) is 0 Å². The maximum Gasteiger partial charge on any atom is 0.201 e. The molecule has 52 valence electrons. The summed E-state index contributed by atoms with van der Waals surface area (Å²) in [6.45, 7) is 0. The van der Waals surface area contributed by atoms with Gasteiger partial charge in [-0.2, -0.15) is 0 Å². The number of halogens is 1. The van der Waals surface area contributed by atoms with Gasteiger partial charge >= 0.3 is 0 Å². The first-order valence-electron chi connectivity index (χ1n) is 2.63. The van der Waals surface area contributed by atoms with E-state index in [-0.39, 0.29) is 22.9 Å². The highest BCUT2D eigenvalue weighted by Crippen LogP contribution is 2.12. The van der Waals surface area contributed by atoms with Gasteiger partial charge < -0.3 is 5.41 Å². The van der Waals surface area contributed by atoms with E-state index in [2.05, 4.69) is 0 Å². The number of Topliss-reactive ketones (excluding diaryl/α,β-unsaturated/α-hetero) is 1. The highest BCUT2D eigenvalue weighted by atomic mass is 35.5. The molecule has 0 atom stereocenters. The minimum absolute atomic E-state index is 0.0685. The number of carbonyl (C=O) groups excluding carboxylic acids is 2. The van der Waals surface area contributed by atoms with Crippen molar-refractivity contribution in [2.75, 3.05) is 0 Å². The smallest absolute Gasteiger partial charge is 0.201 e. The number of rotatable bonds is 0. The highest BCUT2D eigenvalue weighted by Gasteiger charge is 2.21. The highest BCUT2D eigenvalue weighted by molar-refractivity contribution is 6.56. The van der Waals surface area contributed by atoms with Crippen molar-refractivity contribution < 1.29 is 9.59 Å². The van der Waals surface area contributed by atoms with E-state index < -0.39 is 5.78 Å². The lowest BCUT2D eigenvalue weighted by atomic mass is 10.0. The summed E-state index contributed by atoms with van der Waals surface area (Å²) in [6.07, 6.45) is 0.823. The van der Waals surface area contributed by atoms with Gasteiger partial charge in [0, 0.05) is 6.08 Å². The van der Waals surface area contributed by atoms with Gasteiger partial charge in [0.1, 0.15) is 0 Å². The molecular weight excluding hydrogens is 154 g/mol. The van der Waals surface area contributed by atoms with Gasteiger partial charge in [-0.1, -0.05) is 11.6 Å². The van der Waals surface area contributed by atoms with E-state index in [1.165, 1.54) is 0 Å². The van der Waals surface area contributed by atoms with Crippen molar-refractivity contribution in [2.24, 2.45) is 0 Å². The molecule has 10 heavy (non-hydrogen) atoms. The van der Waals surface area contributed by atoms with Gasteiger partial charge in [0.2, 0.25) is 5.78 Å². The molecule has 1 aliphatic rings. The first-order valence-corrected chi connectivity index (χ1v) is 3.01. The zero-order valence-corrected chi connectivity index (χ0v) is 5.73. The summed E-state index contributed by atoms with van der Waals surface area (Å²) in [5, 5.41) is 6.87. The molecule has 0 unspecified atom stereocenters. The zero-order chi connectivity index (χ0) is 7.72. The molecule has 0 heterocycles. The summed E-state index contributed by atoms with van der Waals surface area (Å²) in [5.74, 6) is -0.823. The molecule has 1 aliphatic carbocycles. The second kappa shape index (κ2) is 2.34. The summed E-state index contributed by atoms with van der Waals surface area (Å²) in [7, 11) is 0. The minimum atomic E-state index is -0.468. The van der Waals surface area contributed by atoms with E-state index in [4.69, 9.17) is 17.0 Å². The van der Waals surface area contributed by atoms with Crippen LogP contribution in [0.3, 0.4) is 0 Å². The third-order valence-corrected chi connectivity index (χ3v) is 1.48. The molecular formula is C6H4ClNO2. The SMILES string of the molecule is N=C1CC(=O)C(Cl)=CC1=O. The van der Waals surface area contributed by atoms with Crippen molar-refractivity contribution in [1.82, 2.24) is 0 Å². The van der Waals surface area contributed by atoms with Crippen molar-refractivity contribution in [3.63, 3.8) is 0 Å². The second-order valence-electron chi connectivity index (χ2n) is 1.94. The third-order valence-electron chi connectivity index (χ3n) is 1.16. The lowest BCUT2D eigenvalue weighted by Crippen LogP contribution is -2.21. The van der Waals surface area contributed by atoms with Gasteiger partial charge in [0.15, 0.2) is 5.78 Å². The van der Waals surface area contributed by atoms with Gasteiger partial charge in [-0.05, 0) is 0 Å². The Kier molecular flexibility index (Phi) is 1.68. The Morgan fingerprint density at radius 2 is 2.10 bits per heavy atom. The number of allylic oxidation sites excluding steroid dienone is 2. The van der Waals surface area contributed by atoms with Gasteiger partial charge in [0.05, 0.1) is 17.2 Å². The third kappa shape index (κ3) is 1.14.